The SMILES string of the molecule is NC(=O)Nc1ccc(NC(=O)C2CCCCC2N)cc1. The molecule has 6 nitrogen and oxygen atoms in total. The van der Waals surface area contributed by atoms with Crippen molar-refractivity contribution in [2.75, 3.05) is 10.6 Å². The van der Waals surface area contributed by atoms with E-state index in [0.717, 1.165) is 25.7 Å². The number of nitrogens with two attached hydrogens (primary N) is 2. The summed E-state index contributed by atoms with van der Waals surface area (Å²) in [5, 5.41) is 5.32. The molecular formula is C14H20N4O2. The van der Waals surface area contributed by atoms with Crippen LogP contribution < -0.4 is 22.1 Å². The van der Waals surface area contributed by atoms with Crippen LogP contribution in [0.3, 0.4) is 0 Å². The molecule has 1 fully saturated rings. The van der Waals surface area contributed by atoms with Crippen molar-refractivity contribution in [3.63, 3.8) is 0 Å². The Kier molecular flexibility index (Phi) is 4.57. The van der Waals surface area contributed by atoms with Gasteiger partial charge in [0.2, 0.25) is 5.91 Å². The Morgan fingerprint density at radius 3 is 2.10 bits per heavy atom. The molecular weight excluding hydrogens is 256 g/mol. The minimum atomic E-state index is -0.616. The third-order valence-corrected chi connectivity index (χ3v) is 3.58. The molecule has 2 rings (SSSR count). The van der Waals surface area contributed by atoms with Crippen LogP contribution in [0, 0.1) is 5.92 Å². The number of carbonyl (C=O) groups is 2. The number of primary amides is 1. The van der Waals surface area contributed by atoms with Gasteiger partial charge in [-0.2, -0.15) is 0 Å². The van der Waals surface area contributed by atoms with Crippen molar-refractivity contribution in [3.8, 4) is 0 Å². The lowest BCUT2D eigenvalue weighted by Crippen LogP contribution is -2.40. The second-order valence-electron chi connectivity index (χ2n) is 5.11. The fraction of sp³-hybridized carbons (Fsp3) is 0.429. The number of hydrogen-bond donors (Lipinski definition) is 4. The van der Waals surface area contributed by atoms with E-state index in [1.54, 1.807) is 24.3 Å². The Morgan fingerprint density at radius 1 is 1.00 bits per heavy atom. The highest BCUT2D eigenvalue weighted by Gasteiger charge is 2.28. The number of hydrogen-bond acceptors (Lipinski definition) is 3. The van der Waals surface area contributed by atoms with Gasteiger partial charge in [0.1, 0.15) is 0 Å². The Balaban J connectivity index is 1.95. The quantitative estimate of drug-likeness (QED) is 0.673. The van der Waals surface area contributed by atoms with Crippen molar-refractivity contribution < 1.29 is 9.59 Å². The third kappa shape index (κ3) is 3.71. The molecule has 0 spiro atoms. The summed E-state index contributed by atoms with van der Waals surface area (Å²) in [7, 11) is 0. The van der Waals surface area contributed by atoms with E-state index in [1.807, 2.05) is 0 Å². The van der Waals surface area contributed by atoms with Gasteiger partial charge in [0.25, 0.3) is 0 Å². The molecule has 1 saturated carbocycles. The van der Waals surface area contributed by atoms with Crippen LogP contribution in [0.2, 0.25) is 0 Å². The van der Waals surface area contributed by atoms with Gasteiger partial charge >= 0.3 is 6.03 Å². The summed E-state index contributed by atoms with van der Waals surface area (Å²) in [5.74, 6) is -0.153. The number of anilines is 2. The largest absolute Gasteiger partial charge is 0.351 e. The predicted molar refractivity (Wildman–Crippen MR) is 78.2 cm³/mol. The average molecular weight is 276 g/mol. The van der Waals surface area contributed by atoms with Gasteiger partial charge < -0.3 is 22.1 Å². The molecule has 0 bridgehead atoms. The number of amides is 3. The number of benzene rings is 1. The van der Waals surface area contributed by atoms with Crippen LogP contribution in [0.25, 0.3) is 0 Å². The molecule has 6 heteroatoms. The van der Waals surface area contributed by atoms with E-state index in [2.05, 4.69) is 10.6 Å². The summed E-state index contributed by atoms with van der Waals surface area (Å²) in [6, 6.07) is 6.13. The lowest BCUT2D eigenvalue weighted by Gasteiger charge is -2.27. The molecule has 0 aromatic heterocycles. The molecule has 20 heavy (non-hydrogen) atoms. The van der Waals surface area contributed by atoms with Gasteiger partial charge in [-0.25, -0.2) is 4.79 Å². The lowest BCUT2D eigenvalue weighted by atomic mass is 9.84. The monoisotopic (exact) mass is 276 g/mol. The molecule has 3 amide bonds. The van der Waals surface area contributed by atoms with Gasteiger partial charge in [0.05, 0.1) is 5.92 Å². The zero-order valence-electron chi connectivity index (χ0n) is 11.3. The van der Waals surface area contributed by atoms with Crippen molar-refractivity contribution >= 4 is 23.3 Å². The molecule has 1 aliphatic rings. The van der Waals surface area contributed by atoms with E-state index < -0.39 is 6.03 Å². The number of rotatable bonds is 3. The van der Waals surface area contributed by atoms with Gasteiger partial charge in [-0.1, -0.05) is 12.8 Å². The molecule has 1 aliphatic carbocycles. The summed E-state index contributed by atoms with van der Waals surface area (Å²) >= 11 is 0. The van der Waals surface area contributed by atoms with E-state index in [1.165, 1.54) is 0 Å². The average Bonchev–Trinajstić information content (AvgIpc) is 2.41. The number of nitrogens with one attached hydrogen (secondary N) is 2. The first kappa shape index (κ1) is 14.3. The molecule has 0 saturated heterocycles. The van der Waals surface area contributed by atoms with Crippen molar-refractivity contribution in [3.05, 3.63) is 24.3 Å². The van der Waals surface area contributed by atoms with Crippen molar-refractivity contribution in [2.24, 2.45) is 17.4 Å². The van der Waals surface area contributed by atoms with E-state index in [9.17, 15) is 9.59 Å². The maximum atomic E-state index is 12.2. The van der Waals surface area contributed by atoms with E-state index >= 15 is 0 Å². The second kappa shape index (κ2) is 6.38. The van der Waals surface area contributed by atoms with Crippen molar-refractivity contribution in [1.29, 1.82) is 0 Å². The van der Waals surface area contributed by atoms with Gasteiger partial charge in [-0.15, -0.1) is 0 Å². The summed E-state index contributed by atoms with van der Waals surface area (Å²) in [4.78, 5) is 22.9. The fourth-order valence-corrected chi connectivity index (χ4v) is 2.50. The first-order valence-electron chi connectivity index (χ1n) is 6.79. The van der Waals surface area contributed by atoms with E-state index in [-0.39, 0.29) is 17.9 Å². The second-order valence-corrected chi connectivity index (χ2v) is 5.11. The van der Waals surface area contributed by atoms with Crippen molar-refractivity contribution in [2.45, 2.75) is 31.7 Å². The third-order valence-electron chi connectivity index (χ3n) is 3.58. The zero-order valence-corrected chi connectivity index (χ0v) is 11.3. The molecule has 0 heterocycles. The zero-order chi connectivity index (χ0) is 14.5. The normalized spacial score (nSPS) is 22.1. The molecule has 2 unspecified atom stereocenters. The number of urea groups is 1. The minimum Gasteiger partial charge on any atom is -0.351 e. The van der Waals surface area contributed by atoms with Crippen LogP contribution >= 0.6 is 0 Å². The Labute approximate surface area is 117 Å². The Hall–Kier alpha value is -2.08. The maximum absolute atomic E-state index is 12.2. The molecule has 0 radical (unpaired) electrons. The van der Waals surface area contributed by atoms with Gasteiger partial charge in [0, 0.05) is 17.4 Å². The standard InChI is InChI=1S/C14H20N4O2/c15-12-4-2-1-3-11(12)13(19)17-9-5-7-10(8-6-9)18-14(16)20/h5-8,11-12H,1-4,15H2,(H,17,19)(H3,16,18,20). The Bertz CT molecular complexity index is 486. The predicted octanol–water partition coefficient (Wildman–Crippen LogP) is 1.63. The fourth-order valence-electron chi connectivity index (χ4n) is 2.50. The first-order valence-corrected chi connectivity index (χ1v) is 6.79. The summed E-state index contributed by atoms with van der Waals surface area (Å²) in [6.07, 6.45) is 3.89. The highest BCUT2D eigenvalue weighted by molar-refractivity contribution is 5.93. The van der Waals surface area contributed by atoms with Crippen LogP contribution in [0.5, 0.6) is 0 Å². The minimum absolute atomic E-state index is 0.0344. The van der Waals surface area contributed by atoms with Crippen LogP contribution in [-0.2, 0) is 4.79 Å². The molecule has 6 N–H and O–H groups in total. The van der Waals surface area contributed by atoms with Crippen LogP contribution in [-0.4, -0.2) is 18.0 Å². The lowest BCUT2D eigenvalue weighted by molar-refractivity contribution is -0.121. The van der Waals surface area contributed by atoms with Crippen LogP contribution in [0.4, 0.5) is 16.2 Å². The molecule has 1 aromatic carbocycles. The van der Waals surface area contributed by atoms with Crippen molar-refractivity contribution in [1.82, 2.24) is 0 Å². The molecule has 1 aromatic rings. The van der Waals surface area contributed by atoms with E-state index in [4.69, 9.17) is 11.5 Å². The summed E-state index contributed by atoms with van der Waals surface area (Å²) < 4.78 is 0. The highest BCUT2D eigenvalue weighted by Crippen LogP contribution is 2.24. The summed E-state index contributed by atoms with van der Waals surface area (Å²) in [6.45, 7) is 0. The highest BCUT2D eigenvalue weighted by atomic mass is 16.2. The maximum Gasteiger partial charge on any atom is 0.316 e. The first-order chi connectivity index (χ1) is 9.56. The van der Waals surface area contributed by atoms with Gasteiger partial charge in [-0.3, -0.25) is 4.79 Å². The molecule has 0 aliphatic heterocycles. The molecule has 2 atom stereocenters. The smallest absolute Gasteiger partial charge is 0.316 e. The van der Waals surface area contributed by atoms with E-state index in [0.29, 0.717) is 11.4 Å². The topological polar surface area (TPSA) is 110 Å². The Morgan fingerprint density at radius 2 is 1.55 bits per heavy atom. The molecule has 108 valence electrons. The van der Waals surface area contributed by atoms with Gasteiger partial charge in [-0.05, 0) is 37.1 Å². The van der Waals surface area contributed by atoms with Gasteiger partial charge in [0.15, 0.2) is 0 Å². The van der Waals surface area contributed by atoms with Crippen LogP contribution in [0.1, 0.15) is 25.7 Å². The number of carbonyl (C=O) groups excluding carboxylic acids is 2. The summed E-state index contributed by atoms with van der Waals surface area (Å²) in [5.41, 5.74) is 12.3. The van der Waals surface area contributed by atoms with Crippen LogP contribution in [0.15, 0.2) is 24.3 Å².